The Kier molecular flexibility index (Phi) is 5.02. The van der Waals surface area contributed by atoms with E-state index >= 15 is 0 Å². The highest BCUT2D eigenvalue weighted by atomic mass is 35.5. The fourth-order valence-electron chi connectivity index (χ4n) is 3.31. The molecule has 2 aromatic heterocycles. The highest BCUT2D eigenvalue weighted by Gasteiger charge is 2.33. The summed E-state index contributed by atoms with van der Waals surface area (Å²) in [5.74, 6) is 0.814. The van der Waals surface area contributed by atoms with Crippen molar-refractivity contribution in [2.24, 2.45) is 4.99 Å². The van der Waals surface area contributed by atoms with E-state index in [-0.39, 0.29) is 5.56 Å². The number of furan rings is 1. The average molecular weight is 429 g/mol. The fraction of sp³-hybridized carbons (Fsp3) is 0.190. The fourth-order valence-corrected chi connectivity index (χ4v) is 4.47. The topological polar surface area (TPSA) is 73.8 Å². The number of carbonyl (C=O) groups excluding carboxylic acids is 1. The van der Waals surface area contributed by atoms with Crippen molar-refractivity contribution in [3.8, 4) is 0 Å². The lowest BCUT2D eigenvalue weighted by molar-refractivity contribution is -0.136. The van der Waals surface area contributed by atoms with Crippen LogP contribution in [-0.2, 0) is 9.53 Å². The molecule has 0 saturated heterocycles. The van der Waals surface area contributed by atoms with Crippen molar-refractivity contribution >= 4 is 35.0 Å². The molecule has 0 N–H and O–H groups in total. The van der Waals surface area contributed by atoms with Gasteiger partial charge in [0.15, 0.2) is 4.80 Å². The predicted octanol–water partition coefficient (Wildman–Crippen LogP) is 2.96. The molecule has 0 fully saturated rings. The van der Waals surface area contributed by atoms with Crippen LogP contribution in [0.25, 0.3) is 6.08 Å². The van der Waals surface area contributed by atoms with Crippen LogP contribution in [0.3, 0.4) is 0 Å². The number of hydrogen-bond acceptors (Lipinski definition) is 6. The summed E-state index contributed by atoms with van der Waals surface area (Å²) in [4.78, 5) is 30.8. The van der Waals surface area contributed by atoms with Gasteiger partial charge in [0.1, 0.15) is 11.5 Å². The lowest BCUT2D eigenvalue weighted by Crippen LogP contribution is -2.39. The molecular formula is C21H17ClN2O4S. The van der Waals surface area contributed by atoms with Crippen molar-refractivity contribution < 1.29 is 13.9 Å². The van der Waals surface area contributed by atoms with E-state index in [1.165, 1.54) is 23.0 Å². The Morgan fingerprint density at radius 2 is 1.97 bits per heavy atom. The maximum absolute atomic E-state index is 13.3. The van der Waals surface area contributed by atoms with Crippen molar-refractivity contribution in [1.29, 1.82) is 0 Å². The minimum Gasteiger partial charge on any atom is -0.466 e. The number of fused-ring (bicyclic) bond motifs is 1. The molecule has 1 aliphatic heterocycles. The van der Waals surface area contributed by atoms with Crippen LogP contribution in [0.5, 0.6) is 0 Å². The summed E-state index contributed by atoms with van der Waals surface area (Å²) in [5, 5.41) is 0.565. The Morgan fingerprint density at radius 1 is 1.24 bits per heavy atom. The first-order valence-electron chi connectivity index (χ1n) is 8.82. The van der Waals surface area contributed by atoms with Crippen molar-refractivity contribution in [3.63, 3.8) is 0 Å². The molecule has 3 aromatic rings. The molecule has 0 bridgehead atoms. The largest absolute Gasteiger partial charge is 0.466 e. The van der Waals surface area contributed by atoms with Crippen LogP contribution < -0.4 is 14.9 Å². The quantitative estimate of drug-likeness (QED) is 0.601. The zero-order valence-electron chi connectivity index (χ0n) is 15.9. The molecule has 1 atom stereocenters. The number of aryl methyl sites for hydroxylation is 1. The molecule has 29 heavy (non-hydrogen) atoms. The molecule has 8 heteroatoms. The molecule has 3 heterocycles. The van der Waals surface area contributed by atoms with Gasteiger partial charge in [-0.05, 0) is 43.7 Å². The van der Waals surface area contributed by atoms with Crippen molar-refractivity contribution in [2.75, 3.05) is 7.11 Å². The number of ether oxygens (including phenoxy) is 1. The predicted molar refractivity (Wildman–Crippen MR) is 111 cm³/mol. The molecular weight excluding hydrogens is 412 g/mol. The van der Waals surface area contributed by atoms with Gasteiger partial charge in [0.2, 0.25) is 0 Å². The molecule has 1 unspecified atom stereocenters. The number of carbonyl (C=O) groups is 1. The summed E-state index contributed by atoms with van der Waals surface area (Å²) in [6.45, 7) is 3.58. The van der Waals surface area contributed by atoms with Crippen LogP contribution in [0.1, 0.15) is 30.0 Å². The van der Waals surface area contributed by atoms with E-state index in [2.05, 4.69) is 4.99 Å². The third kappa shape index (κ3) is 3.47. The van der Waals surface area contributed by atoms with E-state index < -0.39 is 12.0 Å². The number of rotatable bonds is 3. The number of halogens is 1. The first-order valence-corrected chi connectivity index (χ1v) is 10.0. The van der Waals surface area contributed by atoms with Crippen molar-refractivity contribution in [2.45, 2.75) is 19.9 Å². The minimum atomic E-state index is -0.656. The van der Waals surface area contributed by atoms with Crippen LogP contribution in [0.15, 0.2) is 61.9 Å². The highest BCUT2D eigenvalue weighted by Crippen LogP contribution is 2.31. The van der Waals surface area contributed by atoms with E-state index in [0.717, 1.165) is 11.3 Å². The van der Waals surface area contributed by atoms with Gasteiger partial charge < -0.3 is 9.15 Å². The summed E-state index contributed by atoms with van der Waals surface area (Å²) in [6.07, 6.45) is 1.69. The van der Waals surface area contributed by atoms with Crippen molar-refractivity contribution in [3.05, 3.63) is 89.5 Å². The Balaban J connectivity index is 1.98. The van der Waals surface area contributed by atoms with Crippen LogP contribution in [0, 0.1) is 6.92 Å². The highest BCUT2D eigenvalue weighted by molar-refractivity contribution is 7.07. The monoisotopic (exact) mass is 428 g/mol. The second-order valence-electron chi connectivity index (χ2n) is 6.57. The number of thiazole rings is 1. The standard InChI is InChI=1S/C21H17ClN2O4S/c1-11-4-9-15(28-11)10-16-19(25)24-18(13-5-7-14(22)8-6-13)17(20(26)27-3)12(2)23-21(24)29-16/h4-10,18H,1-3H3. The van der Waals surface area contributed by atoms with E-state index in [4.69, 9.17) is 20.8 Å². The lowest BCUT2D eigenvalue weighted by Gasteiger charge is -2.24. The second-order valence-corrected chi connectivity index (χ2v) is 8.02. The van der Waals surface area contributed by atoms with Gasteiger partial charge in [0.25, 0.3) is 5.56 Å². The zero-order valence-corrected chi connectivity index (χ0v) is 17.5. The number of methoxy groups -OCH3 is 1. The van der Waals surface area contributed by atoms with E-state index in [0.29, 0.717) is 31.4 Å². The summed E-state index contributed by atoms with van der Waals surface area (Å²) in [7, 11) is 1.31. The summed E-state index contributed by atoms with van der Waals surface area (Å²) in [5.41, 5.74) is 1.32. The number of nitrogens with zero attached hydrogens (tertiary/aromatic N) is 2. The normalized spacial score (nSPS) is 16.6. The molecule has 0 radical (unpaired) electrons. The molecule has 4 rings (SSSR count). The van der Waals surface area contributed by atoms with Gasteiger partial charge in [-0.15, -0.1) is 0 Å². The van der Waals surface area contributed by atoms with Crippen molar-refractivity contribution in [1.82, 2.24) is 4.57 Å². The zero-order chi connectivity index (χ0) is 20.7. The number of hydrogen-bond donors (Lipinski definition) is 0. The van der Waals surface area contributed by atoms with Crippen LogP contribution in [-0.4, -0.2) is 17.6 Å². The van der Waals surface area contributed by atoms with Gasteiger partial charge in [0, 0.05) is 11.1 Å². The molecule has 148 valence electrons. The SMILES string of the molecule is COC(=O)C1=C(C)N=c2sc(=Cc3ccc(C)o3)c(=O)n2C1c1ccc(Cl)cc1. The molecule has 1 aromatic carbocycles. The number of allylic oxidation sites excluding steroid dienone is 1. The maximum Gasteiger partial charge on any atom is 0.338 e. The third-order valence-electron chi connectivity index (χ3n) is 4.65. The number of benzene rings is 1. The average Bonchev–Trinajstić information content (AvgIpc) is 3.24. The molecule has 0 spiro atoms. The maximum atomic E-state index is 13.3. The van der Waals surface area contributed by atoms with E-state index in [9.17, 15) is 9.59 Å². The van der Waals surface area contributed by atoms with Gasteiger partial charge in [-0.2, -0.15) is 0 Å². The molecule has 1 aliphatic rings. The first kappa shape index (κ1) is 19.4. The van der Waals surface area contributed by atoms with Gasteiger partial charge >= 0.3 is 5.97 Å². The third-order valence-corrected chi connectivity index (χ3v) is 5.88. The van der Waals surface area contributed by atoms with Gasteiger partial charge in [-0.25, -0.2) is 9.79 Å². The van der Waals surface area contributed by atoms with Gasteiger partial charge in [0.05, 0.1) is 29.0 Å². The molecule has 0 saturated carbocycles. The molecule has 0 aliphatic carbocycles. The lowest BCUT2D eigenvalue weighted by atomic mass is 9.96. The second kappa shape index (κ2) is 7.50. The van der Waals surface area contributed by atoms with Gasteiger partial charge in [-0.3, -0.25) is 9.36 Å². The summed E-state index contributed by atoms with van der Waals surface area (Å²) >= 11 is 7.28. The molecule has 6 nitrogen and oxygen atoms in total. The van der Waals surface area contributed by atoms with E-state index in [1.54, 1.807) is 43.3 Å². The van der Waals surface area contributed by atoms with Crippen LogP contribution in [0.4, 0.5) is 0 Å². The van der Waals surface area contributed by atoms with Crippen LogP contribution in [0.2, 0.25) is 5.02 Å². The summed E-state index contributed by atoms with van der Waals surface area (Å²) in [6, 6.07) is 10.0. The molecule has 0 amide bonds. The Labute approximate surface area is 175 Å². The van der Waals surface area contributed by atoms with Gasteiger partial charge in [-0.1, -0.05) is 35.1 Å². The van der Waals surface area contributed by atoms with Crippen LogP contribution >= 0.6 is 22.9 Å². The Bertz CT molecular complexity index is 1310. The minimum absolute atomic E-state index is 0.253. The number of aromatic nitrogens is 1. The smallest absolute Gasteiger partial charge is 0.338 e. The summed E-state index contributed by atoms with van der Waals surface area (Å²) < 4.78 is 12.5. The first-order chi connectivity index (χ1) is 13.9. The Hall–Kier alpha value is -2.90. The van der Waals surface area contributed by atoms with E-state index in [1.807, 2.05) is 13.0 Å². The Morgan fingerprint density at radius 3 is 2.59 bits per heavy atom. The number of esters is 1.